The molecule has 0 fully saturated rings. The number of hydrogen-bond donors (Lipinski definition) is 0. The van der Waals surface area contributed by atoms with E-state index < -0.39 is 5.97 Å². The van der Waals surface area contributed by atoms with Gasteiger partial charge in [-0.1, -0.05) is 18.2 Å². The molecule has 2 aromatic carbocycles. The topological polar surface area (TPSA) is 59.3 Å². The van der Waals surface area contributed by atoms with E-state index in [-0.39, 0.29) is 5.57 Å². The van der Waals surface area contributed by atoms with E-state index in [1.54, 1.807) is 7.11 Å². The van der Waals surface area contributed by atoms with Crippen LogP contribution in [0.4, 0.5) is 0 Å². The van der Waals surface area contributed by atoms with Crippen LogP contribution in [0.5, 0.6) is 5.75 Å². The van der Waals surface area contributed by atoms with Crippen molar-refractivity contribution < 1.29 is 14.3 Å². The maximum absolute atomic E-state index is 11.4. The summed E-state index contributed by atoms with van der Waals surface area (Å²) in [5.74, 6) is 0.149. The molecule has 2 rings (SSSR count). The quantitative estimate of drug-likeness (QED) is 0.487. The van der Waals surface area contributed by atoms with Gasteiger partial charge in [-0.15, -0.1) is 0 Å². The van der Waals surface area contributed by atoms with E-state index in [4.69, 9.17) is 10.00 Å². The molecule has 0 N–H and O–H groups in total. The molecule has 0 aromatic heterocycles. The summed E-state index contributed by atoms with van der Waals surface area (Å²) in [6.45, 7) is 0. The molecule has 0 bridgehead atoms. The molecular weight excluding hydrogens is 254 g/mol. The lowest BCUT2D eigenvalue weighted by atomic mass is 10.0. The maximum atomic E-state index is 11.4. The Balaban J connectivity index is 2.44. The zero-order valence-corrected chi connectivity index (χ0v) is 11.2. The van der Waals surface area contributed by atoms with Crippen molar-refractivity contribution in [1.29, 1.82) is 5.26 Å². The molecule has 0 heterocycles. The second-order valence-corrected chi connectivity index (χ2v) is 4.13. The Labute approximate surface area is 116 Å². The van der Waals surface area contributed by atoms with Crippen molar-refractivity contribution in [3.63, 3.8) is 0 Å². The van der Waals surface area contributed by atoms with Gasteiger partial charge < -0.3 is 9.47 Å². The van der Waals surface area contributed by atoms with Crippen molar-refractivity contribution >= 4 is 22.8 Å². The summed E-state index contributed by atoms with van der Waals surface area (Å²) in [6, 6.07) is 13.2. The average molecular weight is 267 g/mol. The number of nitrogens with zero attached hydrogens (tertiary/aromatic N) is 1. The van der Waals surface area contributed by atoms with Crippen molar-refractivity contribution in [3.8, 4) is 11.8 Å². The van der Waals surface area contributed by atoms with Gasteiger partial charge in [0.1, 0.15) is 17.4 Å². The first-order chi connectivity index (χ1) is 9.67. The Morgan fingerprint density at radius 1 is 1.15 bits per heavy atom. The summed E-state index contributed by atoms with van der Waals surface area (Å²) in [7, 11) is 2.87. The molecule has 0 atom stereocenters. The molecule has 0 spiro atoms. The molecule has 0 aliphatic carbocycles. The van der Waals surface area contributed by atoms with Gasteiger partial charge in [-0.2, -0.15) is 5.26 Å². The third kappa shape index (κ3) is 2.78. The zero-order chi connectivity index (χ0) is 14.5. The van der Waals surface area contributed by atoms with Crippen molar-refractivity contribution in [1.82, 2.24) is 0 Å². The van der Waals surface area contributed by atoms with Crippen LogP contribution in [0.2, 0.25) is 0 Å². The third-order valence-corrected chi connectivity index (χ3v) is 2.91. The number of esters is 1. The Kier molecular flexibility index (Phi) is 4.02. The molecule has 0 aliphatic rings. The second kappa shape index (κ2) is 5.89. The van der Waals surface area contributed by atoms with Gasteiger partial charge in [0, 0.05) is 0 Å². The maximum Gasteiger partial charge on any atom is 0.348 e. The minimum Gasteiger partial charge on any atom is -0.497 e. The lowest BCUT2D eigenvalue weighted by Gasteiger charge is -2.04. The molecule has 4 nitrogen and oxygen atoms in total. The van der Waals surface area contributed by atoms with Crippen LogP contribution in [0, 0.1) is 11.3 Å². The number of hydrogen-bond acceptors (Lipinski definition) is 4. The monoisotopic (exact) mass is 267 g/mol. The number of nitriles is 1. The van der Waals surface area contributed by atoms with Crippen LogP contribution >= 0.6 is 0 Å². The van der Waals surface area contributed by atoms with Crippen molar-refractivity contribution in [2.45, 2.75) is 0 Å². The third-order valence-electron chi connectivity index (χ3n) is 2.91. The number of fused-ring (bicyclic) bond motifs is 1. The van der Waals surface area contributed by atoms with Crippen LogP contribution in [-0.4, -0.2) is 20.2 Å². The highest BCUT2D eigenvalue weighted by molar-refractivity contribution is 5.98. The molecule has 20 heavy (non-hydrogen) atoms. The predicted octanol–water partition coefficient (Wildman–Crippen LogP) is 2.93. The molecule has 4 heteroatoms. The number of methoxy groups -OCH3 is 2. The average Bonchev–Trinajstić information content (AvgIpc) is 2.51. The standard InChI is InChI=1S/C16H13NO3/c1-19-15-6-5-12-7-11(3-4-13(12)9-15)8-14(10-17)16(18)20-2/h3-9H,1-2H3. The Morgan fingerprint density at radius 3 is 2.50 bits per heavy atom. The Hall–Kier alpha value is -2.80. The Morgan fingerprint density at radius 2 is 1.85 bits per heavy atom. The van der Waals surface area contributed by atoms with E-state index in [0.29, 0.717) is 0 Å². The van der Waals surface area contributed by atoms with Gasteiger partial charge in [-0.05, 0) is 40.6 Å². The molecular formula is C16H13NO3. The largest absolute Gasteiger partial charge is 0.497 e. The van der Waals surface area contributed by atoms with Crippen molar-refractivity contribution in [2.24, 2.45) is 0 Å². The lowest BCUT2D eigenvalue weighted by Crippen LogP contribution is -2.02. The smallest absolute Gasteiger partial charge is 0.348 e. The Bertz CT molecular complexity index is 726. The van der Waals surface area contributed by atoms with Gasteiger partial charge in [0.25, 0.3) is 0 Å². The molecule has 0 radical (unpaired) electrons. The molecule has 2 aromatic rings. The van der Waals surface area contributed by atoms with E-state index in [9.17, 15) is 4.79 Å². The molecule has 0 saturated heterocycles. The van der Waals surface area contributed by atoms with Crippen LogP contribution in [-0.2, 0) is 9.53 Å². The number of rotatable bonds is 3. The SMILES string of the molecule is COC(=O)C(C#N)=Cc1ccc2cc(OC)ccc2c1. The normalized spacial score (nSPS) is 10.9. The molecule has 0 aliphatic heterocycles. The van der Waals surface area contributed by atoms with E-state index in [0.717, 1.165) is 22.1 Å². The zero-order valence-electron chi connectivity index (χ0n) is 11.2. The van der Waals surface area contributed by atoms with Crippen LogP contribution < -0.4 is 4.74 Å². The lowest BCUT2D eigenvalue weighted by molar-refractivity contribution is -0.135. The fourth-order valence-electron chi connectivity index (χ4n) is 1.87. The van der Waals surface area contributed by atoms with Crippen LogP contribution in [0.15, 0.2) is 42.0 Å². The summed E-state index contributed by atoms with van der Waals surface area (Å²) < 4.78 is 9.71. The van der Waals surface area contributed by atoms with E-state index in [1.165, 1.54) is 13.2 Å². The van der Waals surface area contributed by atoms with Gasteiger partial charge in [0.15, 0.2) is 0 Å². The van der Waals surface area contributed by atoms with Crippen LogP contribution in [0.25, 0.3) is 16.8 Å². The van der Waals surface area contributed by atoms with Crippen molar-refractivity contribution in [3.05, 3.63) is 47.5 Å². The van der Waals surface area contributed by atoms with E-state index in [1.807, 2.05) is 42.5 Å². The first-order valence-corrected chi connectivity index (χ1v) is 5.96. The van der Waals surface area contributed by atoms with Gasteiger partial charge in [0.05, 0.1) is 14.2 Å². The summed E-state index contributed by atoms with van der Waals surface area (Å²) in [4.78, 5) is 11.4. The number of benzene rings is 2. The summed E-state index contributed by atoms with van der Waals surface area (Å²) >= 11 is 0. The van der Waals surface area contributed by atoms with Gasteiger partial charge in [-0.3, -0.25) is 0 Å². The fraction of sp³-hybridized carbons (Fsp3) is 0.125. The minimum atomic E-state index is -0.637. The molecule has 0 saturated carbocycles. The first kappa shape index (κ1) is 13.6. The summed E-state index contributed by atoms with van der Waals surface area (Å²) in [5, 5.41) is 11.0. The summed E-state index contributed by atoms with van der Waals surface area (Å²) in [6.07, 6.45) is 1.51. The number of carbonyl (C=O) groups is 1. The molecule has 0 amide bonds. The van der Waals surface area contributed by atoms with E-state index >= 15 is 0 Å². The van der Waals surface area contributed by atoms with E-state index in [2.05, 4.69) is 4.74 Å². The van der Waals surface area contributed by atoms with Crippen molar-refractivity contribution in [2.75, 3.05) is 14.2 Å². The van der Waals surface area contributed by atoms with Gasteiger partial charge in [0.2, 0.25) is 0 Å². The number of carbonyl (C=O) groups excluding carboxylic acids is 1. The highest BCUT2D eigenvalue weighted by atomic mass is 16.5. The fourth-order valence-corrected chi connectivity index (χ4v) is 1.87. The minimum absolute atomic E-state index is 0.0274. The highest BCUT2D eigenvalue weighted by Crippen LogP contribution is 2.22. The molecule has 100 valence electrons. The second-order valence-electron chi connectivity index (χ2n) is 4.13. The highest BCUT2D eigenvalue weighted by Gasteiger charge is 2.08. The molecule has 0 unspecified atom stereocenters. The predicted molar refractivity (Wildman–Crippen MR) is 76.1 cm³/mol. The van der Waals surface area contributed by atoms with Gasteiger partial charge in [-0.25, -0.2) is 4.79 Å². The number of ether oxygens (including phenoxy) is 2. The van der Waals surface area contributed by atoms with Gasteiger partial charge >= 0.3 is 5.97 Å². The first-order valence-electron chi connectivity index (χ1n) is 5.96. The van der Waals surface area contributed by atoms with Crippen LogP contribution in [0.3, 0.4) is 0 Å². The summed E-state index contributed by atoms with van der Waals surface area (Å²) in [5.41, 5.74) is 0.741. The van der Waals surface area contributed by atoms with Crippen LogP contribution in [0.1, 0.15) is 5.56 Å².